The van der Waals surface area contributed by atoms with Gasteiger partial charge in [-0.25, -0.2) is 15.0 Å². The van der Waals surface area contributed by atoms with Gasteiger partial charge in [0.05, 0.1) is 0 Å². The second-order valence-corrected chi connectivity index (χ2v) is 3.97. The zero-order valence-corrected chi connectivity index (χ0v) is 10.2. The van der Waals surface area contributed by atoms with Crippen LogP contribution >= 0.6 is 12.8 Å². The molecule has 88 valence electrons. The number of thiol groups is 1. The summed E-state index contributed by atoms with van der Waals surface area (Å²) >= 11 is 3.56. The van der Waals surface area contributed by atoms with Crippen LogP contribution in [0.5, 0.6) is 0 Å². The summed E-state index contributed by atoms with van der Waals surface area (Å²) in [7, 11) is 0. The number of carbonyl (C=O) groups is 2. The fourth-order valence-corrected chi connectivity index (χ4v) is 0.835. The Morgan fingerprint density at radius 2 is 1.93 bits per heavy atom. The van der Waals surface area contributed by atoms with Crippen LogP contribution in [0.3, 0.4) is 0 Å². The average Bonchev–Trinajstić information content (AvgIpc) is 2.10. The van der Waals surface area contributed by atoms with Gasteiger partial charge in [-0.1, -0.05) is 19.7 Å². The summed E-state index contributed by atoms with van der Waals surface area (Å²) in [6, 6.07) is -0.686. The van der Waals surface area contributed by atoms with Crippen LogP contribution in [0.1, 0.15) is 27.7 Å². The number of carbonyl (C=O) groups excluding carboxylic acids is 2. The Kier molecular flexibility index (Phi) is 5.45. The van der Waals surface area contributed by atoms with Crippen molar-refractivity contribution in [2.75, 3.05) is 6.54 Å². The summed E-state index contributed by atoms with van der Waals surface area (Å²) < 4.78 is 7.04. The first-order valence-electron chi connectivity index (χ1n) is 4.52. The van der Waals surface area contributed by atoms with Crippen molar-refractivity contribution in [2.45, 2.75) is 33.3 Å². The monoisotopic (exact) mass is 235 g/mol. The van der Waals surface area contributed by atoms with E-state index in [0.29, 0.717) is 6.54 Å². The Labute approximate surface area is 94.9 Å². The third-order valence-electron chi connectivity index (χ3n) is 1.19. The molecule has 0 unspecified atom stereocenters. The predicted octanol–water partition coefficient (Wildman–Crippen LogP) is 1.30. The summed E-state index contributed by atoms with van der Waals surface area (Å²) in [6.45, 7) is 7.32. The van der Waals surface area contributed by atoms with Crippen LogP contribution in [0.2, 0.25) is 0 Å². The van der Waals surface area contributed by atoms with Crippen molar-refractivity contribution in [3.8, 4) is 0 Å². The van der Waals surface area contributed by atoms with Crippen LogP contribution in [0.25, 0.3) is 0 Å². The number of ether oxygens (including phenoxy) is 1. The zero-order chi connectivity index (χ0) is 12.1. The van der Waals surface area contributed by atoms with Gasteiger partial charge in [0.15, 0.2) is 0 Å². The molecule has 0 aromatic rings. The van der Waals surface area contributed by atoms with E-state index in [9.17, 15) is 9.59 Å². The van der Waals surface area contributed by atoms with Crippen molar-refractivity contribution in [1.82, 2.24) is 15.2 Å². The first-order valence-corrected chi connectivity index (χ1v) is 4.97. The van der Waals surface area contributed by atoms with Crippen LogP contribution in [-0.4, -0.2) is 29.3 Å². The van der Waals surface area contributed by atoms with Crippen molar-refractivity contribution < 1.29 is 14.3 Å². The lowest BCUT2D eigenvalue weighted by molar-refractivity contribution is 0.0245. The van der Waals surface area contributed by atoms with Gasteiger partial charge in [0.25, 0.3) is 0 Å². The van der Waals surface area contributed by atoms with Crippen LogP contribution in [0.4, 0.5) is 9.59 Å². The molecular formula is C8H17N3O3S. The van der Waals surface area contributed by atoms with Gasteiger partial charge in [0.1, 0.15) is 5.60 Å². The van der Waals surface area contributed by atoms with E-state index in [1.165, 1.54) is 0 Å². The molecule has 15 heavy (non-hydrogen) atoms. The molecule has 0 rings (SSSR count). The van der Waals surface area contributed by atoms with Gasteiger partial charge in [-0.2, -0.15) is 5.01 Å². The predicted molar refractivity (Wildman–Crippen MR) is 59.3 cm³/mol. The SMILES string of the molecule is CCNN(C(=O)NS)C(=O)OC(C)(C)C. The summed E-state index contributed by atoms with van der Waals surface area (Å²) in [5.41, 5.74) is 1.90. The third kappa shape index (κ3) is 5.48. The Hall–Kier alpha value is -0.950. The average molecular weight is 235 g/mol. The van der Waals surface area contributed by atoms with Crippen LogP contribution in [0.15, 0.2) is 0 Å². The standard InChI is InChI=1S/C8H17N3O3S/c1-5-9-11(6(12)10-15)7(13)14-8(2,3)4/h9,15H,5H2,1-4H3,(H,10,12). The van der Waals surface area contributed by atoms with Gasteiger partial charge in [-0.3, -0.25) is 4.72 Å². The number of hydrogen-bond donors (Lipinski definition) is 3. The number of urea groups is 1. The lowest BCUT2D eigenvalue weighted by Gasteiger charge is -2.25. The van der Waals surface area contributed by atoms with Crippen molar-refractivity contribution >= 4 is 24.9 Å². The fourth-order valence-electron chi connectivity index (χ4n) is 0.735. The molecule has 0 spiro atoms. The Morgan fingerprint density at radius 3 is 2.27 bits per heavy atom. The van der Waals surface area contributed by atoms with Crippen LogP contribution in [-0.2, 0) is 4.74 Å². The molecule has 0 bridgehead atoms. The lowest BCUT2D eigenvalue weighted by Crippen LogP contribution is -2.51. The Morgan fingerprint density at radius 1 is 1.40 bits per heavy atom. The second kappa shape index (κ2) is 5.82. The molecule has 0 radical (unpaired) electrons. The molecule has 0 aliphatic carbocycles. The van der Waals surface area contributed by atoms with E-state index >= 15 is 0 Å². The highest BCUT2D eigenvalue weighted by Crippen LogP contribution is 2.09. The van der Waals surface area contributed by atoms with Gasteiger partial charge >= 0.3 is 12.1 Å². The quantitative estimate of drug-likeness (QED) is 0.498. The van der Waals surface area contributed by atoms with E-state index in [0.717, 1.165) is 5.01 Å². The molecular weight excluding hydrogens is 218 g/mol. The molecule has 0 fully saturated rings. The highest BCUT2D eigenvalue weighted by Gasteiger charge is 2.26. The van der Waals surface area contributed by atoms with Gasteiger partial charge in [-0.05, 0) is 20.8 Å². The number of rotatable bonds is 2. The number of imide groups is 1. The molecule has 0 aliphatic heterocycles. The molecule has 0 saturated heterocycles. The fraction of sp³-hybridized carbons (Fsp3) is 0.750. The lowest BCUT2D eigenvalue weighted by atomic mass is 10.2. The molecule has 0 atom stereocenters. The highest BCUT2D eigenvalue weighted by molar-refractivity contribution is 7.78. The maximum atomic E-state index is 11.5. The molecule has 3 amide bonds. The summed E-state index contributed by atoms with van der Waals surface area (Å²) in [5, 5.41) is 0.734. The van der Waals surface area contributed by atoms with Gasteiger partial charge in [-0.15, -0.1) is 0 Å². The molecule has 0 aromatic heterocycles. The Balaban J connectivity index is 4.49. The molecule has 7 heteroatoms. The number of hydrazine groups is 1. The minimum atomic E-state index is -0.768. The molecule has 0 saturated carbocycles. The molecule has 0 aromatic carbocycles. The van der Waals surface area contributed by atoms with Gasteiger partial charge in [0, 0.05) is 6.54 Å². The molecule has 0 aliphatic rings. The minimum absolute atomic E-state index is 0.417. The molecule has 6 nitrogen and oxygen atoms in total. The van der Waals surface area contributed by atoms with E-state index in [1.54, 1.807) is 27.7 Å². The Bertz CT molecular complexity index is 240. The van der Waals surface area contributed by atoms with Crippen LogP contribution in [0, 0.1) is 0 Å². The minimum Gasteiger partial charge on any atom is -0.442 e. The van der Waals surface area contributed by atoms with Crippen molar-refractivity contribution in [3.63, 3.8) is 0 Å². The zero-order valence-electron chi connectivity index (χ0n) is 9.33. The summed E-state index contributed by atoms with van der Waals surface area (Å²) in [6.07, 6.45) is -0.768. The second-order valence-electron chi connectivity index (χ2n) is 3.74. The van der Waals surface area contributed by atoms with Gasteiger partial charge in [0.2, 0.25) is 0 Å². The van der Waals surface area contributed by atoms with Crippen molar-refractivity contribution in [3.05, 3.63) is 0 Å². The van der Waals surface area contributed by atoms with E-state index in [4.69, 9.17) is 4.74 Å². The van der Waals surface area contributed by atoms with Crippen molar-refractivity contribution in [2.24, 2.45) is 0 Å². The summed E-state index contributed by atoms with van der Waals surface area (Å²) in [4.78, 5) is 22.7. The number of amides is 3. The maximum Gasteiger partial charge on any atom is 0.433 e. The topological polar surface area (TPSA) is 70.7 Å². The van der Waals surface area contributed by atoms with E-state index < -0.39 is 17.7 Å². The van der Waals surface area contributed by atoms with Gasteiger partial charge < -0.3 is 4.74 Å². The number of nitrogens with zero attached hydrogens (tertiary/aromatic N) is 1. The number of nitrogens with one attached hydrogen (secondary N) is 2. The largest absolute Gasteiger partial charge is 0.442 e. The normalized spacial score (nSPS) is 10.7. The number of hydrogen-bond acceptors (Lipinski definition) is 5. The smallest absolute Gasteiger partial charge is 0.433 e. The highest BCUT2D eigenvalue weighted by atomic mass is 32.1. The third-order valence-corrected chi connectivity index (χ3v) is 1.38. The molecule has 0 heterocycles. The van der Waals surface area contributed by atoms with Crippen LogP contribution < -0.4 is 10.1 Å². The van der Waals surface area contributed by atoms with E-state index in [2.05, 4.69) is 18.2 Å². The first kappa shape index (κ1) is 14.1. The van der Waals surface area contributed by atoms with E-state index in [1.807, 2.05) is 4.72 Å². The first-order chi connectivity index (χ1) is 6.81. The molecule has 2 N–H and O–H groups in total. The van der Waals surface area contributed by atoms with Crippen molar-refractivity contribution in [1.29, 1.82) is 0 Å². The summed E-state index contributed by atoms with van der Waals surface area (Å²) in [5.74, 6) is 0. The maximum absolute atomic E-state index is 11.5. The van der Waals surface area contributed by atoms with E-state index in [-0.39, 0.29) is 0 Å².